The SMILES string of the molecule is [2H]CN(C(=O)C(C)(C)N1CCC(OC)CC1)[C@@H](C)C(=O)O. The van der Waals surface area contributed by atoms with E-state index in [1.807, 2.05) is 4.90 Å². The summed E-state index contributed by atoms with van der Waals surface area (Å²) in [6.45, 7) is 6.47. The first-order chi connectivity index (χ1) is 9.75. The first kappa shape index (κ1) is 15.3. The van der Waals surface area contributed by atoms with Crippen LogP contribution < -0.4 is 0 Å². The molecule has 0 aromatic heterocycles. The Balaban J connectivity index is 2.80. The van der Waals surface area contributed by atoms with Gasteiger partial charge in [-0.25, -0.2) is 4.79 Å². The molecule has 0 aromatic carbocycles. The summed E-state index contributed by atoms with van der Waals surface area (Å²) in [5.74, 6) is -1.41. The van der Waals surface area contributed by atoms with Crippen LogP contribution >= 0.6 is 0 Å². The molecular formula is C14H26N2O4. The van der Waals surface area contributed by atoms with Gasteiger partial charge in [0.25, 0.3) is 0 Å². The van der Waals surface area contributed by atoms with E-state index < -0.39 is 17.6 Å². The molecule has 1 N–H and O–H groups in total. The zero-order chi connectivity index (χ0) is 16.2. The molecule has 1 aliphatic heterocycles. The minimum Gasteiger partial charge on any atom is -0.480 e. The fourth-order valence-electron chi connectivity index (χ4n) is 2.45. The predicted octanol–water partition coefficient (Wildman–Crippen LogP) is 0.807. The molecule has 0 spiro atoms. The van der Waals surface area contributed by atoms with Crippen LogP contribution in [0.3, 0.4) is 0 Å². The maximum atomic E-state index is 12.7. The van der Waals surface area contributed by atoms with Gasteiger partial charge in [0.05, 0.1) is 11.6 Å². The summed E-state index contributed by atoms with van der Waals surface area (Å²) in [5, 5.41) is 9.07. The normalized spacial score (nSPS) is 20.3. The molecule has 0 bridgehead atoms. The smallest absolute Gasteiger partial charge is 0.326 e. The second-order valence-electron chi connectivity index (χ2n) is 5.77. The number of likely N-dealkylation sites (N-methyl/N-ethyl adjacent to an activating group) is 1. The van der Waals surface area contributed by atoms with Gasteiger partial charge in [-0.1, -0.05) is 0 Å². The minimum atomic E-state index is -1.09. The molecule has 1 heterocycles. The molecule has 0 unspecified atom stereocenters. The standard InChI is InChI=1S/C14H26N2O4/c1-10(12(17)18)15(4)13(19)14(2,3)16-8-6-11(20-5)7-9-16/h10-11H,6-9H2,1-5H3,(H,17,18)/t10-/m0/s1/i4D. The number of piperidine rings is 1. The highest BCUT2D eigenvalue weighted by molar-refractivity contribution is 5.89. The molecule has 1 atom stereocenters. The number of aliphatic carboxylic acids is 1. The number of methoxy groups -OCH3 is 1. The Morgan fingerprint density at radius 3 is 2.40 bits per heavy atom. The summed E-state index contributed by atoms with van der Waals surface area (Å²) < 4.78 is 12.8. The van der Waals surface area contributed by atoms with Crippen molar-refractivity contribution in [1.29, 1.82) is 0 Å². The van der Waals surface area contributed by atoms with Gasteiger partial charge in [0.15, 0.2) is 0 Å². The lowest BCUT2D eigenvalue weighted by Gasteiger charge is -2.43. The Bertz CT molecular complexity index is 381. The molecule has 6 heteroatoms. The van der Waals surface area contributed by atoms with Gasteiger partial charge in [0.2, 0.25) is 5.91 Å². The Morgan fingerprint density at radius 2 is 2.00 bits per heavy atom. The average Bonchev–Trinajstić information content (AvgIpc) is 2.47. The molecule has 1 aliphatic rings. The van der Waals surface area contributed by atoms with E-state index in [1.165, 1.54) is 6.92 Å². The molecule has 0 aliphatic carbocycles. The van der Waals surface area contributed by atoms with E-state index in [9.17, 15) is 9.59 Å². The van der Waals surface area contributed by atoms with Crippen molar-refractivity contribution >= 4 is 11.9 Å². The highest BCUT2D eigenvalue weighted by Gasteiger charge is 2.40. The monoisotopic (exact) mass is 287 g/mol. The Hall–Kier alpha value is -1.14. The van der Waals surface area contributed by atoms with Crippen LogP contribution in [0.2, 0.25) is 0 Å². The zero-order valence-electron chi connectivity index (χ0n) is 13.8. The molecule has 20 heavy (non-hydrogen) atoms. The van der Waals surface area contributed by atoms with E-state index in [2.05, 4.69) is 0 Å². The molecule has 116 valence electrons. The lowest BCUT2D eigenvalue weighted by atomic mass is 9.95. The first-order valence-corrected chi connectivity index (χ1v) is 6.86. The first-order valence-electron chi connectivity index (χ1n) is 7.57. The van der Waals surface area contributed by atoms with Crippen molar-refractivity contribution in [3.63, 3.8) is 0 Å². The molecule has 0 saturated carbocycles. The topological polar surface area (TPSA) is 70.1 Å². The molecular weight excluding hydrogens is 260 g/mol. The molecule has 1 fully saturated rings. The van der Waals surface area contributed by atoms with E-state index >= 15 is 0 Å². The third kappa shape index (κ3) is 3.49. The number of likely N-dealkylation sites (tertiary alicyclic amines) is 1. The predicted molar refractivity (Wildman–Crippen MR) is 75.6 cm³/mol. The van der Waals surface area contributed by atoms with Crippen LogP contribution in [0.15, 0.2) is 0 Å². The zero-order valence-corrected chi connectivity index (χ0v) is 12.8. The van der Waals surface area contributed by atoms with E-state index in [1.54, 1.807) is 21.0 Å². The largest absolute Gasteiger partial charge is 0.480 e. The fourth-order valence-corrected chi connectivity index (χ4v) is 2.45. The number of hydrogen-bond donors (Lipinski definition) is 1. The third-order valence-corrected chi connectivity index (χ3v) is 4.18. The van der Waals surface area contributed by atoms with Gasteiger partial charge in [-0.3, -0.25) is 9.69 Å². The lowest BCUT2D eigenvalue weighted by Crippen LogP contribution is -2.59. The van der Waals surface area contributed by atoms with Gasteiger partial charge in [0, 0.05) is 28.6 Å². The maximum absolute atomic E-state index is 12.7. The van der Waals surface area contributed by atoms with Crippen molar-refractivity contribution in [3.05, 3.63) is 0 Å². The number of carbonyl (C=O) groups is 2. The summed E-state index contributed by atoms with van der Waals surface area (Å²) >= 11 is 0. The van der Waals surface area contributed by atoms with Gasteiger partial charge in [-0.05, 0) is 33.6 Å². The Labute approximate surface area is 122 Å². The number of carboxylic acid groups (broad SMARTS) is 1. The summed E-state index contributed by atoms with van der Waals surface area (Å²) in [5.41, 5.74) is -0.816. The van der Waals surface area contributed by atoms with Crippen LogP contribution in [-0.2, 0) is 14.3 Å². The number of ether oxygens (including phenoxy) is 1. The summed E-state index contributed by atoms with van der Waals surface area (Å²) in [7, 11) is 1.33. The highest BCUT2D eigenvalue weighted by Crippen LogP contribution is 2.24. The molecule has 0 radical (unpaired) electrons. The fraction of sp³-hybridized carbons (Fsp3) is 0.857. The van der Waals surface area contributed by atoms with Gasteiger partial charge in [-0.15, -0.1) is 0 Å². The third-order valence-electron chi connectivity index (χ3n) is 4.18. The van der Waals surface area contributed by atoms with Crippen LogP contribution in [0, 0.1) is 0 Å². The number of rotatable bonds is 5. The molecule has 1 saturated heterocycles. The van der Waals surface area contributed by atoms with Crippen LogP contribution in [0.25, 0.3) is 0 Å². The maximum Gasteiger partial charge on any atom is 0.326 e. The van der Waals surface area contributed by atoms with Crippen LogP contribution in [-0.4, -0.2) is 71.7 Å². The Kier molecular flexibility index (Phi) is 4.99. The molecule has 6 nitrogen and oxygen atoms in total. The van der Waals surface area contributed by atoms with Crippen molar-refractivity contribution in [2.24, 2.45) is 0 Å². The van der Waals surface area contributed by atoms with E-state index in [4.69, 9.17) is 11.2 Å². The van der Waals surface area contributed by atoms with Crippen molar-refractivity contribution in [1.82, 2.24) is 9.80 Å². The van der Waals surface area contributed by atoms with Gasteiger partial charge >= 0.3 is 5.97 Å². The summed E-state index contributed by atoms with van der Waals surface area (Å²) in [6, 6.07) is -0.995. The van der Waals surface area contributed by atoms with Crippen molar-refractivity contribution in [2.45, 2.75) is 51.3 Å². The van der Waals surface area contributed by atoms with Gasteiger partial charge < -0.3 is 14.7 Å². The van der Waals surface area contributed by atoms with Crippen molar-refractivity contribution in [2.75, 3.05) is 27.2 Å². The number of amides is 1. The Morgan fingerprint density at radius 1 is 1.45 bits per heavy atom. The number of carbonyl (C=O) groups excluding carboxylic acids is 1. The lowest BCUT2D eigenvalue weighted by molar-refractivity contribution is -0.154. The summed E-state index contributed by atoms with van der Waals surface area (Å²) in [6.07, 6.45) is 1.92. The average molecular weight is 287 g/mol. The minimum absolute atomic E-state index is 0.220. The van der Waals surface area contributed by atoms with Crippen LogP contribution in [0.1, 0.15) is 35.0 Å². The molecule has 0 aromatic rings. The number of carboxylic acids is 1. The molecule has 1 amide bonds. The number of hydrogen-bond acceptors (Lipinski definition) is 4. The van der Waals surface area contributed by atoms with Gasteiger partial charge in [-0.2, -0.15) is 0 Å². The van der Waals surface area contributed by atoms with Crippen LogP contribution in [0.4, 0.5) is 0 Å². The van der Waals surface area contributed by atoms with Gasteiger partial charge in [0.1, 0.15) is 6.04 Å². The quantitative estimate of drug-likeness (QED) is 0.810. The second kappa shape index (κ2) is 6.54. The van der Waals surface area contributed by atoms with E-state index in [-0.39, 0.29) is 19.0 Å². The van der Waals surface area contributed by atoms with Crippen LogP contribution in [0.5, 0.6) is 0 Å². The van der Waals surface area contributed by atoms with E-state index in [0.29, 0.717) is 0 Å². The van der Waals surface area contributed by atoms with E-state index in [0.717, 1.165) is 30.8 Å². The summed E-state index contributed by atoms with van der Waals surface area (Å²) in [4.78, 5) is 26.9. The van der Waals surface area contributed by atoms with Crippen molar-refractivity contribution in [3.8, 4) is 0 Å². The van der Waals surface area contributed by atoms with Crippen molar-refractivity contribution < 1.29 is 20.8 Å². The second-order valence-corrected chi connectivity index (χ2v) is 5.77. The highest BCUT2D eigenvalue weighted by atomic mass is 16.5. The number of nitrogens with zero attached hydrogens (tertiary/aromatic N) is 2. The molecule has 1 rings (SSSR count).